The fourth-order valence-electron chi connectivity index (χ4n) is 1.20. The molecule has 0 saturated heterocycles. The SMILES string of the molecule is CCCCOC(=O)C(C)SCCCC(F)(F)C(F)(F)F. The van der Waals surface area contributed by atoms with Crippen LogP contribution in [0.25, 0.3) is 0 Å². The van der Waals surface area contributed by atoms with Crippen LogP contribution in [0.4, 0.5) is 22.0 Å². The number of thioether (sulfide) groups is 1. The minimum Gasteiger partial charge on any atom is -0.465 e. The van der Waals surface area contributed by atoms with Crippen molar-refractivity contribution in [2.24, 2.45) is 0 Å². The first-order valence-electron chi connectivity index (χ1n) is 6.34. The second-order valence-electron chi connectivity index (χ2n) is 4.34. The van der Waals surface area contributed by atoms with Crippen molar-refractivity contribution in [3.05, 3.63) is 0 Å². The van der Waals surface area contributed by atoms with Gasteiger partial charge in [-0.25, -0.2) is 0 Å². The molecule has 20 heavy (non-hydrogen) atoms. The number of esters is 1. The molecule has 0 rings (SSSR count). The molecule has 1 atom stereocenters. The lowest BCUT2D eigenvalue weighted by molar-refractivity contribution is -0.284. The number of unbranched alkanes of at least 4 members (excludes halogenated alkanes) is 1. The van der Waals surface area contributed by atoms with E-state index in [1.807, 2.05) is 6.92 Å². The molecule has 0 aromatic heterocycles. The van der Waals surface area contributed by atoms with E-state index in [2.05, 4.69) is 0 Å². The van der Waals surface area contributed by atoms with Crippen molar-refractivity contribution in [1.29, 1.82) is 0 Å². The van der Waals surface area contributed by atoms with E-state index in [0.717, 1.165) is 24.6 Å². The second-order valence-corrected chi connectivity index (χ2v) is 5.79. The highest BCUT2D eigenvalue weighted by molar-refractivity contribution is 8.00. The zero-order valence-corrected chi connectivity index (χ0v) is 12.3. The predicted octanol–water partition coefficient (Wildman–Crippen LogP) is 4.43. The summed E-state index contributed by atoms with van der Waals surface area (Å²) in [5.41, 5.74) is 0. The number of ether oxygens (including phenoxy) is 1. The van der Waals surface area contributed by atoms with Crippen LogP contribution in [0.3, 0.4) is 0 Å². The van der Waals surface area contributed by atoms with Gasteiger partial charge in [-0.3, -0.25) is 4.79 Å². The molecule has 0 aromatic carbocycles. The summed E-state index contributed by atoms with van der Waals surface area (Å²) < 4.78 is 65.8. The Morgan fingerprint density at radius 3 is 2.30 bits per heavy atom. The van der Waals surface area contributed by atoms with Gasteiger partial charge in [0, 0.05) is 6.42 Å². The summed E-state index contributed by atoms with van der Waals surface area (Å²) in [6.07, 6.45) is -5.48. The Hall–Kier alpha value is -0.530. The summed E-state index contributed by atoms with van der Waals surface area (Å²) in [6, 6.07) is 0. The average Bonchev–Trinajstić information content (AvgIpc) is 2.33. The first-order valence-corrected chi connectivity index (χ1v) is 7.39. The molecule has 0 bridgehead atoms. The van der Waals surface area contributed by atoms with E-state index in [-0.39, 0.29) is 12.2 Å². The third-order valence-corrected chi connectivity index (χ3v) is 3.71. The van der Waals surface area contributed by atoms with Crippen molar-refractivity contribution in [3.63, 3.8) is 0 Å². The Kier molecular flexibility index (Phi) is 8.46. The Balaban J connectivity index is 3.87. The van der Waals surface area contributed by atoms with Gasteiger partial charge in [0.15, 0.2) is 0 Å². The summed E-state index contributed by atoms with van der Waals surface area (Å²) in [6.45, 7) is 3.78. The van der Waals surface area contributed by atoms with Gasteiger partial charge in [-0.15, -0.1) is 11.8 Å². The Morgan fingerprint density at radius 2 is 1.80 bits per heavy atom. The molecule has 2 nitrogen and oxygen atoms in total. The van der Waals surface area contributed by atoms with Gasteiger partial charge in [0.05, 0.1) is 11.9 Å². The van der Waals surface area contributed by atoms with Crippen LogP contribution in [-0.4, -0.2) is 35.7 Å². The zero-order valence-electron chi connectivity index (χ0n) is 11.4. The van der Waals surface area contributed by atoms with Gasteiger partial charge in [0.2, 0.25) is 0 Å². The van der Waals surface area contributed by atoms with Crippen molar-refractivity contribution in [2.45, 2.75) is 56.9 Å². The maximum absolute atomic E-state index is 12.6. The molecular formula is C12H19F5O2S. The quantitative estimate of drug-likeness (QED) is 0.357. The van der Waals surface area contributed by atoms with E-state index in [4.69, 9.17) is 4.74 Å². The van der Waals surface area contributed by atoms with Crippen LogP contribution in [-0.2, 0) is 9.53 Å². The zero-order chi connectivity index (χ0) is 15.8. The topological polar surface area (TPSA) is 26.3 Å². The minimum atomic E-state index is -5.51. The first-order chi connectivity index (χ1) is 9.12. The number of carbonyl (C=O) groups is 1. The molecule has 0 spiro atoms. The van der Waals surface area contributed by atoms with E-state index < -0.39 is 29.7 Å². The fourth-order valence-corrected chi connectivity index (χ4v) is 2.07. The minimum absolute atomic E-state index is 0.0513. The predicted molar refractivity (Wildman–Crippen MR) is 68.0 cm³/mol. The average molecular weight is 322 g/mol. The summed E-state index contributed by atoms with van der Waals surface area (Å²) >= 11 is 1.02. The number of halogens is 5. The van der Waals surface area contributed by atoms with Crippen LogP contribution in [0, 0.1) is 0 Å². The fraction of sp³-hybridized carbons (Fsp3) is 0.917. The van der Waals surface area contributed by atoms with Crippen LogP contribution in [0.1, 0.15) is 39.5 Å². The molecule has 0 aliphatic carbocycles. The van der Waals surface area contributed by atoms with Crippen molar-refractivity contribution >= 4 is 17.7 Å². The lowest BCUT2D eigenvalue weighted by atomic mass is 10.2. The van der Waals surface area contributed by atoms with E-state index >= 15 is 0 Å². The van der Waals surface area contributed by atoms with Gasteiger partial charge < -0.3 is 4.74 Å². The molecule has 0 amide bonds. The number of alkyl halides is 5. The van der Waals surface area contributed by atoms with Crippen LogP contribution < -0.4 is 0 Å². The molecular weight excluding hydrogens is 303 g/mol. The molecule has 0 saturated carbocycles. The van der Waals surface area contributed by atoms with Gasteiger partial charge in [0.1, 0.15) is 0 Å². The highest BCUT2D eigenvalue weighted by Gasteiger charge is 2.56. The van der Waals surface area contributed by atoms with E-state index in [1.165, 1.54) is 0 Å². The first kappa shape index (κ1) is 19.5. The van der Waals surface area contributed by atoms with E-state index in [1.54, 1.807) is 6.92 Å². The Bertz CT molecular complexity index is 294. The monoisotopic (exact) mass is 322 g/mol. The van der Waals surface area contributed by atoms with Crippen molar-refractivity contribution in [3.8, 4) is 0 Å². The molecule has 8 heteroatoms. The third-order valence-electron chi connectivity index (χ3n) is 2.49. The summed E-state index contributed by atoms with van der Waals surface area (Å²) in [5.74, 6) is -5.08. The Morgan fingerprint density at radius 1 is 1.20 bits per heavy atom. The second kappa shape index (κ2) is 8.69. The normalized spacial score (nSPS) is 14.2. The number of hydrogen-bond donors (Lipinski definition) is 0. The molecule has 0 radical (unpaired) electrons. The van der Waals surface area contributed by atoms with Crippen LogP contribution >= 0.6 is 11.8 Å². The lowest BCUT2D eigenvalue weighted by Gasteiger charge is -2.19. The maximum Gasteiger partial charge on any atom is 0.453 e. The molecule has 0 N–H and O–H groups in total. The van der Waals surface area contributed by atoms with Gasteiger partial charge in [-0.1, -0.05) is 13.3 Å². The van der Waals surface area contributed by atoms with Crippen molar-refractivity contribution in [2.75, 3.05) is 12.4 Å². The molecule has 0 heterocycles. The number of carbonyl (C=O) groups excluding carboxylic acids is 1. The highest BCUT2D eigenvalue weighted by atomic mass is 32.2. The smallest absolute Gasteiger partial charge is 0.453 e. The van der Waals surface area contributed by atoms with Crippen LogP contribution in [0.5, 0.6) is 0 Å². The van der Waals surface area contributed by atoms with E-state index in [0.29, 0.717) is 6.61 Å². The summed E-state index contributed by atoms with van der Waals surface area (Å²) in [7, 11) is 0. The van der Waals surface area contributed by atoms with Crippen molar-refractivity contribution in [1.82, 2.24) is 0 Å². The largest absolute Gasteiger partial charge is 0.465 e. The lowest BCUT2D eigenvalue weighted by Crippen LogP contribution is -2.36. The van der Waals surface area contributed by atoms with E-state index in [9.17, 15) is 26.7 Å². The molecule has 0 aliphatic heterocycles. The summed E-state index contributed by atoms with van der Waals surface area (Å²) in [5, 5.41) is -0.564. The molecule has 0 aromatic rings. The van der Waals surface area contributed by atoms with Gasteiger partial charge >= 0.3 is 18.1 Å². The summed E-state index contributed by atoms with van der Waals surface area (Å²) in [4.78, 5) is 11.4. The number of rotatable bonds is 9. The Labute approximate surface area is 119 Å². The third kappa shape index (κ3) is 7.31. The number of hydrogen-bond acceptors (Lipinski definition) is 3. The van der Waals surface area contributed by atoms with Gasteiger partial charge in [-0.2, -0.15) is 22.0 Å². The molecule has 0 aliphatic rings. The standard InChI is InChI=1S/C12H19F5O2S/c1-3-4-7-19-10(18)9(2)20-8-5-6-11(13,14)12(15,16)17/h9H,3-8H2,1-2H3. The maximum atomic E-state index is 12.6. The molecule has 0 fully saturated rings. The van der Waals surface area contributed by atoms with Crippen LogP contribution in [0.2, 0.25) is 0 Å². The molecule has 1 unspecified atom stereocenters. The molecule has 120 valence electrons. The van der Waals surface area contributed by atoms with Crippen molar-refractivity contribution < 1.29 is 31.5 Å². The van der Waals surface area contributed by atoms with Crippen LogP contribution in [0.15, 0.2) is 0 Å². The highest BCUT2D eigenvalue weighted by Crippen LogP contribution is 2.39. The van der Waals surface area contributed by atoms with Gasteiger partial charge in [-0.05, 0) is 25.5 Å². The van der Waals surface area contributed by atoms with Gasteiger partial charge in [0.25, 0.3) is 0 Å².